The summed E-state index contributed by atoms with van der Waals surface area (Å²) in [5.41, 5.74) is 0. The molecule has 3 unspecified atom stereocenters. The second-order valence-corrected chi connectivity index (χ2v) is 4.07. The first kappa shape index (κ1) is 12.6. The van der Waals surface area contributed by atoms with Crippen LogP contribution in [0, 0.1) is 11.8 Å². The van der Waals surface area contributed by atoms with Gasteiger partial charge in [-0.05, 0) is 0 Å². The third kappa shape index (κ3) is 2.30. The van der Waals surface area contributed by atoms with Crippen LogP contribution < -0.4 is 24.8 Å². The van der Waals surface area contributed by atoms with E-state index in [0.717, 1.165) is 16.6 Å². The zero-order valence-corrected chi connectivity index (χ0v) is 9.41. The van der Waals surface area contributed by atoms with Gasteiger partial charge in [-0.1, -0.05) is 0 Å². The SMILES string of the molecule is [Cl-].[Cl-].[Cr+2][CH]1CCC2C=CC=CC12. The molecule has 0 saturated heterocycles. The van der Waals surface area contributed by atoms with Gasteiger partial charge in [0.2, 0.25) is 0 Å². The Labute approximate surface area is 94.7 Å². The van der Waals surface area contributed by atoms with Crippen molar-refractivity contribution in [3.8, 4) is 0 Å². The summed E-state index contributed by atoms with van der Waals surface area (Å²) in [6.07, 6.45) is 11.8. The van der Waals surface area contributed by atoms with Gasteiger partial charge >= 0.3 is 70.1 Å². The van der Waals surface area contributed by atoms with Crippen molar-refractivity contribution in [2.24, 2.45) is 11.8 Å². The summed E-state index contributed by atoms with van der Waals surface area (Å²) < 4.78 is 0.797. The Kier molecular flexibility index (Phi) is 5.61. The Morgan fingerprint density at radius 2 is 1.67 bits per heavy atom. The van der Waals surface area contributed by atoms with Crippen LogP contribution >= 0.6 is 0 Å². The summed E-state index contributed by atoms with van der Waals surface area (Å²) in [5.74, 6) is 1.65. The van der Waals surface area contributed by atoms with E-state index >= 15 is 0 Å². The molecule has 0 bridgehead atoms. The van der Waals surface area contributed by atoms with E-state index in [0.29, 0.717) is 0 Å². The van der Waals surface area contributed by atoms with Gasteiger partial charge in [-0.2, -0.15) is 0 Å². The van der Waals surface area contributed by atoms with Crippen LogP contribution in [-0.2, 0) is 16.3 Å². The van der Waals surface area contributed by atoms with Crippen molar-refractivity contribution < 1.29 is 41.1 Å². The van der Waals surface area contributed by atoms with Gasteiger partial charge in [-0.15, -0.1) is 0 Å². The average Bonchev–Trinajstić information content (AvgIpc) is 2.34. The number of rotatable bonds is 0. The molecule has 2 aliphatic carbocycles. The minimum absolute atomic E-state index is 0. The van der Waals surface area contributed by atoms with Crippen LogP contribution in [0.3, 0.4) is 0 Å². The summed E-state index contributed by atoms with van der Waals surface area (Å²) >= 11 is 3.25. The summed E-state index contributed by atoms with van der Waals surface area (Å²) in [6, 6.07) is 0. The Morgan fingerprint density at radius 3 is 2.33 bits per heavy atom. The Morgan fingerprint density at radius 1 is 1.00 bits per heavy atom. The molecule has 0 spiro atoms. The molecule has 0 radical (unpaired) electrons. The normalized spacial score (nSPS) is 36.4. The van der Waals surface area contributed by atoms with E-state index in [9.17, 15) is 0 Å². The monoisotopic (exact) mass is 241 g/mol. The average molecular weight is 242 g/mol. The molecule has 0 aromatic carbocycles. The first-order chi connectivity index (χ1) is 4.88. The van der Waals surface area contributed by atoms with Crippen LogP contribution in [0.5, 0.6) is 0 Å². The minimum atomic E-state index is 0. The fourth-order valence-corrected chi connectivity index (χ4v) is 2.58. The maximum absolute atomic E-state index is 3.25. The maximum atomic E-state index is 3.25. The molecule has 2 aliphatic rings. The van der Waals surface area contributed by atoms with Crippen molar-refractivity contribution in [1.29, 1.82) is 0 Å². The van der Waals surface area contributed by atoms with Gasteiger partial charge in [0.25, 0.3) is 0 Å². The topological polar surface area (TPSA) is 0 Å². The van der Waals surface area contributed by atoms with Crippen LogP contribution in [0.15, 0.2) is 24.3 Å². The summed E-state index contributed by atoms with van der Waals surface area (Å²) in [6.45, 7) is 0. The van der Waals surface area contributed by atoms with Gasteiger partial charge in [0.15, 0.2) is 0 Å². The molecular weight excluding hydrogens is 231 g/mol. The molecular formula is C9H11Cl2Cr. The quantitative estimate of drug-likeness (QED) is 0.413. The molecule has 3 heteroatoms. The molecule has 12 heavy (non-hydrogen) atoms. The summed E-state index contributed by atoms with van der Waals surface area (Å²) in [4.78, 5) is 0. The van der Waals surface area contributed by atoms with E-state index in [1.165, 1.54) is 12.8 Å². The molecule has 0 nitrogen and oxygen atoms in total. The van der Waals surface area contributed by atoms with Crippen LogP contribution in [0.1, 0.15) is 12.8 Å². The van der Waals surface area contributed by atoms with Crippen LogP contribution in [0.2, 0.25) is 4.78 Å². The van der Waals surface area contributed by atoms with E-state index in [4.69, 9.17) is 0 Å². The number of hydrogen-bond acceptors (Lipinski definition) is 0. The van der Waals surface area contributed by atoms with Crippen molar-refractivity contribution in [3.63, 3.8) is 0 Å². The Hall–Kier alpha value is 0.592. The fourth-order valence-electron chi connectivity index (χ4n) is 1.91. The molecule has 0 heterocycles. The number of allylic oxidation sites excluding steroid dienone is 4. The van der Waals surface area contributed by atoms with Crippen molar-refractivity contribution in [1.82, 2.24) is 0 Å². The van der Waals surface area contributed by atoms with E-state index in [1.54, 1.807) is 0 Å². The number of hydrogen-bond donors (Lipinski definition) is 0. The predicted octanol–water partition coefficient (Wildman–Crippen LogP) is -3.52. The van der Waals surface area contributed by atoms with Crippen molar-refractivity contribution >= 4 is 0 Å². The van der Waals surface area contributed by atoms with E-state index in [2.05, 4.69) is 40.6 Å². The molecule has 2 rings (SSSR count). The van der Waals surface area contributed by atoms with Crippen molar-refractivity contribution in [3.05, 3.63) is 24.3 Å². The van der Waals surface area contributed by atoms with E-state index < -0.39 is 0 Å². The van der Waals surface area contributed by atoms with E-state index in [-0.39, 0.29) is 24.8 Å². The van der Waals surface area contributed by atoms with Gasteiger partial charge in [-0.25, -0.2) is 0 Å². The standard InChI is InChI=1S/C9H11.2ClH.Cr/c1-2-5-9-7-3-6-8(9)4-1;;;/h1-2,4-6,8-9H,3,7H2;2*1H;/q;;;+2/p-2. The molecule has 0 aromatic heterocycles. The molecule has 0 N–H and O–H groups in total. The molecule has 3 atom stereocenters. The molecule has 1 saturated carbocycles. The Balaban J connectivity index is 0.000000605. The fraction of sp³-hybridized carbons (Fsp3) is 0.556. The van der Waals surface area contributed by atoms with Crippen molar-refractivity contribution in [2.45, 2.75) is 17.6 Å². The Bertz CT molecular complexity index is 189. The van der Waals surface area contributed by atoms with Crippen molar-refractivity contribution in [2.75, 3.05) is 0 Å². The molecule has 67 valence electrons. The third-order valence-electron chi connectivity index (χ3n) is 2.51. The zero-order chi connectivity index (χ0) is 6.97. The second kappa shape index (κ2) is 5.35. The summed E-state index contributed by atoms with van der Waals surface area (Å²) in [7, 11) is 0. The van der Waals surface area contributed by atoms with Crippen LogP contribution in [0.25, 0.3) is 0 Å². The van der Waals surface area contributed by atoms with Crippen LogP contribution in [0.4, 0.5) is 0 Å². The predicted molar refractivity (Wildman–Crippen MR) is 38.2 cm³/mol. The van der Waals surface area contributed by atoms with E-state index in [1.807, 2.05) is 0 Å². The number of halogens is 2. The van der Waals surface area contributed by atoms with Gasteiger partial charge in [0.1, 0.15) is 0 Å². The first-order valence-corrected chi connectivity index (χ1v) is 4.62. The van der Waals surface area contributed by atoms with Gasteiger partial charge in [0.05, 0.1) is 0 Å². The summed E-state index contributed by atoms with van der Waals surface area (Å²) in [5, 5.41) is 0. The molecule has 0 aromatic rings. The molecule has 1 fully saturated rings. The van der Waals surface area contributed by atoms with Gasteiger partial charge in [-0.3, -0.25) is 0 Å². The van der Waals surface area contributed by atoms with Gasteiger partial charge < -0.3 is 24.8 Å². The van der Waals surface area contributed by atoms with Gasteiger partial charge in [0, 0.05) is 0 Å². The first-order valence-electron chi connectivity index (χ1n) is 3.89. The second-order valence-electron chi connectivity index (χ2n) is 3.13. The third-order valence-corrected chi connectivity index (χ3v) is 3.37. The zero-order valence-electron chi connectivity index (χ0n) is 6.62. The van der Waals surface area contributed by atoms with Crippen LogP contribution in [-0.4, -0.2) is 0 Å². The molecule has 0 aliphatic heterocycles. The number of fused-ring (bicyclic) bond motifs is 1. The molecule has 0 amide bonds.